The minimum atomic E-state index is -3.25. The van der Waals surface area contributed by atoms with Gasteiger partial charge in [0.05, 0.1) is 15.7 Å². The van der Waals surface area contributed by atoms with Crippen molar-refractivity contribution in [3.8, 4) is 0 Å². The Hall–Kier alpha value is -1.02. The lowest BCUT2D eigenvalue weighted by Gasteiger charge is -1.98. The summed E-state index contributed by atoms with van der Waals surface area (Å²) < 4.78 is 23.4. The molecule has 0 radical (unpaired) electrons. The third-order valence-electron chi connectivity index (χ3n) is 1.71. The van der Waals surface area contributed by atoms with Crippen LogP contribution in [0.1, 0.15) is 6.92 Å². The van der Waals surface area contributed by atoms with Crippen molar-refractivity contribution in [3.05, 3.63) is 47.2 Å². The maximum atomic E-state index is 11.7. The Bertz CT molecular complexity index is 479. The smallest absolute Gasteiger partial charge is 0.182 e. The summed E-state index contributed by atoms with van der Waals surface area (Å²) in [5.41, 5.74) is 2.65. The number of halogens is 1. The Morgan fingerprint density at radius 2 is 2.00 bits per heavy atom. The molecule has 0 spiro atoms. The fourth-order valence-electron chi connectivity index (χ4n) is 1.02. The molecule has 0 amide bonds. The van der Waals surface area contributed by atoms with Crippen LogP contribution in [-0.4, -0.2) is 14.2 Å². The van der Waals surface area contributed by atoms with Crippen LogP contribution in [0, 0.1) is 0 Å². The molecule has 0 bridgehead atoms. The molecule has 0 fully saturated rings. The van der Waals surface area contributed by atoms with Crippen molar-refractivity contribution < 1.29 is 8.42 Å². The first kappa shape index (κ1) is 12.1. The zero-order chi connectivity index (χ0) is 11.3. The lowest BCUT2D eigenvalue weighted by atomic mass is 10.4. The quantitative estimate of drug-likeness (QED) is 0.764. The van der Waals surface area contributed by atoms with E-state index in [1.165, 1.54) is 6.08 Å². The van der Waals surface area contributed by atoms with Gasteiger partial charge in [0, 0.05) is 0 Å². The van der Waals surface area contributed by atoms with Crippen molar-refractivity contribution in [1.82, 2.24) is 0 Å². The van der Waals surface area contributed by atoms with Gasteiger partial charge in [0.1, 0.15) is 0 Å². The molecule has 0 saturated heterocycles. The molecular formula is C11H11ClO2S. The van der Waals surface area contributed by atoms with Gasteiger partial charge in [-0.3, -0.25) is 0 Å². The molecule has 2 nitrogen and oxygen atoms in total. The van der Waals surface area contributed by atoms with Crippen LogP contribution in [0.4, 0.5) is 0 Å². The second kappa shape index (κ2) is 5.17. The normalized spacial score (nSPS) is 10.5. The average Bonchev–Trinajstić information content (AvgIpc) is 2.18. The van der Waals surface area contributed by atoms with Gasteiger partial charge >= 0.3 is 0 Å². The molecule has 0 aromatic heterocycles. The summed E-state index contributed by atoms with van der Waals surface area (Å²) in [6, 6.07) is 8.30. The van der Waals surface area contributed by atoms with Gasteiger partial charge in [-0.15, -0.1) is 5.73 Å². The summed E-state index contributed by atoms with van der Waals surface area (Å²) in [7, 11) is -3.25. The molecule has 4 heteroatoms. The third kappa shape index (κ3) is 3.92. The van der Waals surface area contributed by atoms with Crippen LogP contribution in [-0.2, 0) is 9.84 Å². The standard InChI is InChI=1S/C11H11ClO2S/c1-10(12)6-5-9-15(13,14)11-7-3-2-4-8-11/h2-5,7-8H,9H2,1H3. The number of rotatable bonds is 3. The Morgan fingerprint density at radius 3 is 2.53 bits per heavy atom. The van der Waals surface area contributed by atoms with Gasteiger partial charge in [-0.25, -0.2) is 8.42 Å². The first-order chi connectivity index (χ1) is 7.02. The molecule has 0 heterocycles. The number of benzene rings is 1. The number of hydrogen-bond acceptors (Lipinski definition) is 2. The highest BCUT2D eigenvalue weighted by Gasteiger charge is 2.10. The minimum Gasteiger partial charge on any atom is -0.223 e. The largest absolute Gasteiger partial charge is 0.223 e. The zero-order valence-corrected chi connectivity index (χ0v) is 9.85. The number of sulfone groups is 1. The van der Waals surface area contributed by atoms with E-state index in [2.05, 4.69) is 5.73 Å². The van der Waals surface area contributed by atoms with Crippen LogP contribution >= 0.6 is 11.6 Å². The van der Waals surface area contributed by atoms with E-state index in [1.54, 1.807) is 37.3 Å². The van der Waals surface area contributed by atoms with E-state index < -0.39 is 9.84 Å². The SMILES string of the molecule is CC(Cl)=C=CCS(=O)(=O)c1ccccc1. The van der Waals surface area contributed by atoms with Crippen molar-refractivity contribution in [1.29, 1.82) is 0 Å². The predicted octanol–water partition coefficient (Wildman–Crippen LogP) is 2.76. The third-order valence-corrected chi connectivity index (χ3v) is 3.41. The molecule has 0 atom stereocenters. The van der Waals surface area contributed by atoms with E-state index in [9.17, 15) is 8.42 Å². The van der Waals surface area contributed by atoms with Gasteiger partial charge in [-0.1, -0.05) is 29.8 Å². The Morgan fingerprint density at radius 1 is 1.40 bits per heavy atom. The van der Waals surface area contributed by atoms with Crippen LogP contribution in [0.2, 0.25) is 0 Å². The Balaban J connectivity index is 2.92. The summed E-state index contributed by atoms with van der Waals surface area (Å²) in [5, 5.41) is 0.443. The molecule has 1 rings (SSSR count). The van der Waals surface area contributed by atoms with E-state index >= 15 is 0 Å². The van der Waals surface area contributed by atoms with Gasteiger partial charge in [0.2, 0.25) is 0 Å². The molecule has 0 aliphatic heterocycles. The van der Waals surface area contributed by atoms with Crippen molar-refractivity contribution >= 4 is 21.4 Å². The van der Waals surface area contributed by atoms with Crippen LogP contribution in [0.15, 0.2) is 52.1 Å². The first-order valence-corrected chi connectivity index (χ1v) is 6.40. The zero-order valence-electron chi connectivity index (χ0n) is 8.27. The molecule has 0 aliphatic carbocycles. The van der Waals surface area contributed by atoms with Crippen LogP contribution in [0.5, 0.6) is 0 Å². The van der Waals surface area contributed by atoms with E-state index in [1.807, 2.05) is 0 Å². The fourth-order valence-corrected chi connectivity index (χ4v) is 2.16. The average molecular weight is 243 g/mol. The van der Waals surface area contributed by atoms with E-state index in [0.717, 1.165) is 0 Å². The molecule has 0 saturated carbocycles. The summed E-state index contributed by atoms with van der Waals surface area (Å²) in [6.07, 6.45) is 1.42. The first-order valence-electron chi connectivity index (χ1n) is 4.37. The van der Waals surface area contributed by atoms with E-state index in [4.69, 9.17) is 11.6 Å². The Kier molecular flexibility index (Phi) is 4.15. The van der Waals surface area contributed by atoms with E-state index in [0.29, 0.717) is 9.93 Å². The molecule has 1 aromatic carbocycles. The second-order valence-electron chi connectivity index (χ2n) is 2.98. The highest BCUT2D eigenvalue weighted by atomic mass is 35.5. The van der Waals surface area contributed by atoms with Crippen LogP contribution in [0.3, 0.4) is 0 Å². The Labute approximate surface area is 94.8 Å². The topological polar surface area (TPSA) is 34.1 Å². The van der Waals surface area contributed by atoms with Gasteiger partial charge in [-0.2, -0.15) is 0 Å². The lowest BCUT2D eigenvalue weighted by Crippen LogP contribution is -2.03. The molecule has 0 N–H and O–H groups in total. The molecule has 1 aromatic rings. The summed E-state index contributed by atoms with van der Waals surface area (Å²) in [5.74, 6) is -0.0823. The van der Waals surface area contributed by atoms with Gasteiger partial charge in [0.15, 0.2) is 9.84 Å². The van der Waals surface area contributed by atoms with Crippen LogP contribution < -0.4 is 0 Å². The fraction of sp³-hybridized carbons (Fsp3) is 0.182. The minimum absolute atomic E-state index is 0.0823. The predicted molar refractivity (Wildman–Crippen MR) is 61.6 cm³/mol. The molecular weight excluding hydrogens is 232 g/mol. The molecule has 15 heavy (non-hydrogen) atoms. The number of hydrogen-bond donors (Lipinski definition) is 0. The molecule has 80 valence electrons. The molecule has 0 aliphatic rings. The van der Waals surface area contributed by atoms with Crippen molar-refractivity contribution in [3.63, 3.8) is 0 Å². The maximum Gasteiger partial charge on any atom is 0.182 e. The van der Waals surface area contributed by atoms with Crippen molar-refractivity contribution in [2.75, 3.05) is 5.75 Å². The highest BCUT2D eigenvalue weighted by Crippen LogP contribution is 2.10. The molecule has 0 unspecified atom stereocenters. The monoisotopic (exact) mass is 242 g/mol. The maximum absolute atomic E-state index is 11.7. The van der Waals surface area contributed by atoms with Gasteiger partial charge in [0.25, 0.3) is 0 Å². The van der Waals surface area contributed by atoms with Gasteiger partial charge < -0.3 is 0 Å². The van der Waals surface area contributed by atoms with Crippen molar-refractivity contribution in [2.45, 2.75) is 11.8 Å². The van der Waals surface area contributed by atoms with Crippen molar-refractivity contribution in [2.24, 2.45) is 0 Å². The highest BCUT2D eigenvalue weighted by molar-refractivity contribution is 7.91. The lowest BCUT2D eigenvalue weighted by molar-refractivity contribution is 0.599. The summed E-state index contributed by atoms with van der Waals surface area (Å²) in [6.45, 7) is 1.65. The summed E-state index contributed by atoms with van der Waals surface area (Å²) in [4.78, 5) is 0.315. The summed E-state index contributed by atoms with van der Waals surface area (Å²) >= 11 is 5.53. The van der Waals surface area contributed by atoms with Gasteiger partial charge in [-0.05, 0) is 25.1 Å². The van der Waals surface area contributed by atoms with E-state index in [-0.39, 0.29) is 5.75 Å². The second-order valence-corrected chi connectivity index (χ2v) is 5.58. The van der Waals surface area contributed by atoms with Crippen LogP contribution in [0.25, 0.3) is 0 Å².